The average Bonchev–Trinajstić information content (AvgIpc) is 2.71. The third kappa shape index (κ3) is 5.54. The smallest absolute Gasteiger partial charge is 0.280 e. The van der Waals surface area contributed by atoms with Crippen LogP contribution in [0.2, 0.25) is 0 Å². The van der Waals surface area contributed by atoms with Crippen molar-refractivity contribution >= 4 is 16.2 Å². The van der Waals surface area contributed by atoms with Crippen molar-refractivity contribution in [2.75, 3.05) is 27.9 Å². The maximum absolute atomic E-state index is 12.6. The molecule has 9 heteroatoms. The van der Waals surface area contributed by atoms with Gasteiger partial charge in [0.25, 0.3) is 10.0 Å². The SMILES string of the molecule is CCCOc1c(OC)cc(/C=N/NS(=O)(=O)c2cc(C)ccc2OC)cc1OC. The van der Waals surface area contributed by atoms with E-state index in [1.807, 2.05) is 6.92 Å². The summed E-state index contributed by atoms with van der Waals surface area (Å²) in [6.07, 6.45) is 2.19. The van der Waals surface area contributed by atoms with Crippen molar-refractivity contribution in [2.45, 2.75) is 25.2 Å². The van der Waals surface area contributed by atoms with E-state index in [1.165, 1.54) is 33.6 Å². The Morgan fingerprint density at radius 1 is 1.00 bits per heavy atom. The molecule has 2 aromatic carbocycles. The van der Waals surface area contributed by atoms with Crippen LogP contribution in [0.4, 0.5) is 0 Å². The molecule has 0 aliphatic carbocycles. The number of sulfonamides is 1. The Hall–Kier alpha value is -2.94. The number of nitrogens with zero attached hydrogens (tertiary/aromatic N) is 1. The van der Waals surface area contributed by atoms with Gasteiger partial charge in [-0.1, -0.05) is 13.0 Å². The predicted octanol–water partition coefficient (Wildman–Crippen LogP) is 3.12. The molecule has 0 radical (unpaired) electrons. The highest BCUT2D eigenvalue weighted by Crippen LogP contribution is 2.38. The molecular formula is C20H26N2O6S. The highest BCUT2D eigenvalue weighted by Gasteiger charge is 2.19. The molecule has 0 fully saturated rings. The summed E-state index contributed by atoms with van der Waals surface area (Å²) in [6.45, 7) is 4.30. The Bertz CT molecular complexity index is 948. The van der Waals surface area contributed by atoms with Crippen molar-refractivity contribution < 1.29 is 27.4 Å². The lowest BCUT2D eigenvalue weighted by molar-refractivity contribution is 0.275. The zero-order valence-corrected chi connectivity index (χ0v) is 18.0. The van der Waals surface area contributed by atoms with Crippen LogP contribution in [0.25, 0.3) is 0 Å². The first-order valence-corrected chi connectivity index (χ1v) is 10.4. The van der Waals surface area contributed by atoms with Gasteiger partial charge < -0.3 is 18.9 Å². The molecule has 1 N–H and O–H groups in total. The fourth-order valence-corrected chi connectivity index (χ4v) is 3.58. The number of rotatable bonds is 10. The van der Waals surface area contributed by atoms with Crippen LogP contribution >= 0.6 is 0 Å². The summed E-state index contributed by atoms with van der Waals surface area (Å²) in [5, 5.41) is 3.87. The first-order valence-electron chi connectivity index (χ1n) is 8.94. The molecule has 0 heterocycles. The lowest BCUT2D eigenvalue weighted by atomic mass is 10.2. The zero-order chi connectivity index (χ0) is 21.4. The molecule has 0 amide bonds. The molecule has 158 valence electrons. The first kappa shape index (κ1) is 22.4. The number of hydrogen-bond acceptors (Lipinski definition) is 7. The van der Waals surface area contributed by atoms with Crippen molar-refractivity contribution in [1.82, 2.24) is 4.83 Å². The molecule has 0 atom stereocenters. The van der Waals surface area contributed by atoms with Gasteiger partial charge in [-0.15, -0.1) is 0 Å². The Morgan fingerprint density at radius 2 is 1.62 bits per heavy atom. The maximum atomic E-state index is 12.6. The summed E-state index contributed by atoms with van der Waals surface area (Å²) in [7, 11) is 0.533. The fraction of sp³-hybridized carbons (Fsp3) is 0.350. The summed E-state index contributed by atoms with van der Waals surface area (Å²) < 4.78 is 46.8. The Kier molecular flexibility index (Phi) is 7.72. The van der Waals surface area contributed by atoms with Crippen molar-refractivity contribution in [2.24, 2.45) is 5.10 Å². The van der Waals surface area contributed by atoms with Crippen molar-refractivity contribution in [3.05, 3.63) is 41.5 Å². The molecule has 2 rings (SSSR count). The van der Waals surface area contributed by atoms with Crippen molar-refractivity contribution in [3.63, 3.8) is 0 Å². The van der Waals surface area contributed by atoms with Crippen LogP contribution in [0.15, 0.2) is 40.3 Å². The molecule has 0 saturated heterocycles. The molecule has 0 aliphatic heterocycles. The van der Waals surface area contributed by atoms with E-state index < -0.39 is 10.0 Å². The summed E-state index contributed by atoms with van der Waals surface area (Å²) in [5.74, 6) is 1.64. The summed E-state index contributed by atoms with van der Waals surface area (Å²) in [6, 6.07) is 8.24. The van der Waals surface area contributed by atoms with Crippen LogP contribution < -0.4 is 23.8 Å². The number of methoxy groups -OCH3 is 3. The van der Waals surface area contributed by atoms with E-state index in [0.29, 0.717) is 29.4 Å². The largest absolute Gasteiger partial charge is 0.495 e. The van der Waals surface area contributed by atoms with Crippen LogP contribution in [0.1, 0.15) is 24.5 Å². The third-order valence-electron chi connectivity index (χ3n) is 3.93. The van der Waals surface area contributed by atoms with Gasteiger partial charge in [0.2, 0.25) is 5.75 Å². The van der Waals surface area contributed by atoms with E-state index in [4.69, 9.17) is 18.9 Å². The molecule has 0 unspecified atom stereocenters. The second-order valence-corrected chi connectivity index (χ2v) is 7.74. The van der Waals surface area contributed by atoms with Crippen molar-refractivity contribution in [3.8, 4) is 23.0 Å². The van der Waals surface area contributed by atoms with Crippen LogP contribution in [-0.2, 0) is 10.0 Å². The minimum atomic E-state index is -3.91. The van der Waals surface area contributed by atoms with E-state index >= 15 is 0 Å². The van der Waals surface area contributed by atoms with E-state index in [-0.39, 0.29) is 10.6 Å². The number of hydrazone groups is 1. The Morgan fingerprint density at radius 3 is 2.17 bits per heavy atom. The van der Waals surface area contributed by atoms with E-state index in [9.17, 15) is 8.42 Å². The van der Waals surface area contributed by atoms with Gasteiger partial charge in [0.1, 0.15) is 10.6 Å². The van der Waals surface area contributed by atoms with E-state index in [0.717, 1.165) is 12.0 Å². The average molecular weight is 423 g/mol. The highest BCUT2D eigenvalue weighted by molar-refractivity contribution is 7.89. The molecule has 2 aromatic rings. The van der Waals surface area contributed by atoms with Gasteiger partial charge >= 0.3 is 0 Å². The highest BCUT2D eigenvalue weighted by atomic mass is 32.2. The third-order valence-corrected chi connectivity index (χ3v) is 5.17. The van der Waals surface area contributed by atoms with Gasteiger partial charge in [-0.3, -0.25) is 0 Å². The number of aryl methyl sites for hydroxylation is 1. The molecule has 8 nitrogen and oxygen atoms in total. The molecule has 0 aromatic heterocycles. The normalized spacial score (nSPS) is 11.3. The fourth-order valence-electron chi connectivity index (χ4n) is 2.53. The van der Waals surface area contributed by atoms with Crippen molar-refractivity contribution in [1.29, 1.82) is 0 Å². The topological polar surface area (TPSA) is 95.5 Å². The number of ether oxygens (including phenoxy) is 4. The first-order chi connectivity index (χ1) is 13.9. The van der Waals surface area contributed by atoms with Crippen LogP contribution in [0.5, 0.6) is 23.0 Å². The molecule has 0 saturated carbocycles. The summed E-state index contributed by atoms with van der Waals surface area (Å²) in [4.78, 5) is 2.21. The second kappa shape index (κ2) is 10.0. The zero-order valence-electron chi connectivity index (χ0n) is 17.2. The molecule has 29 heavy (non-hydrogen) atoms. The molecule has 0 spiro atoms. The Labute approximate surface area is 171 Å². The summed E-state index contributed by atoms with van der Waals surface area (Å²) in [5.41, 5.74) is 1.36. The number of nitrogens with one attached hydrogen (secondary N) is 1. The molecule has 0 aliphatic rings. The standard InChI is InChI=1S/C20H26N2O6S/c1-6-9-28-20-17(26-4)11-15(12-18(20)27-5)13-21-22-29(23,24)19-10-14(2)7-8-16(19)25-3/h7-8,10-13,22H,6,9H2,1-5H3/b21-13+. The van der Waals surface area contributed by atoms with Gasteiger partial charge in [-0.25, -0.2) is 0 Å². The van der Waals surface area contributed by atoms with Crippen LogP contribution in [0, 0.1) is 6.92 Å². The Balaban J connectivity index is 2.29. The lowest BCUT2D eigenvalue weighted by Crippen LogP contribution is -2.19. The quantitative estimate of drug-likeness (QED) is 0.467. The predicted molar refractivity (Wildman–Crippen MR) is 111 cm³/mol. The summed E-state index contributed by atoms with van der Waals surface area (Å²) >= 11 is 0. The van der Waals surface area contributed by atoms with Crippen LogP contribution in [-0.4, -0.2) is 42.6 Å². The van der Waals surface area contributed by atoms with E-state index in [2.05, 4.69) is 9.93 Å². The maximum Gasteiger partial charge on any atom is 0.280 e. The van der Waals surface area contributed by atoms with E-state index in [1.54, 1.807) is 31.2 Å². The second-order valence-electron chi connectivity index (χ2n) is 6.11. The van der Waals surface area contributed by atoms with Gasteiger partial charge in [0.05, 0.1) is 34.2 Å². The van der Waals surface area contributed by atoms with Gasteiger partial charge in [0, 0.05) is 5.56 Å². The molecular weight excluding hydrogens is 396 g/mol. The molecule has 0 bridgehead atoms. The monoisotopic (exact) mass is 422 g/mol. The minimum Gasteiger partial charge on any atom is -0.495 e. The van der Waals surface area contributed by atoms with Gasteiger partial charge in [-0.2, -0.15) is 18.4 Å². The van der Waals surface area contributed by atoms with Gasteiger partial charge in [0.15, 0.2) is 11.5 Å². The minimum absolute atomic E-state index is 0.00984. The van der Waals surface area contributed by atoms with Crippen LogP contribution in [0.3, 0.4) is 0 Å². The number of benzene rings is 2. The lowest BCUT2D eigenvalue weighted by Gasteiger charge is -2.14. The van der Waals surface area contributed by atoms with Gasteiger partial charge in [-0.05, 0) is 43.2 Å². The number of hydrogen-bond donors (Lipinski definition) is 1.